The monoisotopic (exact) mass is 352 g/mol. The van der Waals surface area contributed by atoms with E-state index >= 15 is 0 Å². The Morgan fingerprint density at radius 2 is 1.85 bits per heavy atom. The first-order valence-corrected chi connectivity index (χ1v) is 9.21. The molecule has 1 fully saturated rings. The summed E-state index contributed by atoms with van der Waals surface area (Å²) in [6.45, 7) is 5.01. The van der Waals surface area contributed by atoms with Gasteiger partial charge in [0, 0.05) is 26.3 Å². The lowest BCUT2D eigenvalue weighted by atomic mass is 9.91. The van der Waals surface area contributed by atoms with Gasteiger partial charge in [-0.25, -0.2) is 0 Å². The zero-order valence-electron chi connectivity index (χ0n) is 16.1. The molecule has 0 radical (unpaired) electrons. The summed E-state index contributed by atoms with van der Waals surface area (Å²) in [5.74, 6) is -0.720. The molecule has 26 heavy (non-hydrogen) atoms. The van der Waals surface area contributed by atoms with Crippen LogP contribution in [0.5, 0.6) is 0 Å². The fourth-order valence-corrected chi connectivity index (χ4v) is 3.92. The highest BCUT2D eigenvalue weighted by Crippen LogP contribution is 2.37. The lowest BCUT2D eigenvalue weighted by Gasteiger charge is -2.33. The van der Waals surface area contributed by atoms with Gasteiger partial charge in [0.1, 0.15) is 6.04 Å². The molecular weight excluding hydrogens is 324 g/mol. The molecule has 0 aliphatic carbocycles. The minimum atomic E-state index is -0.720. The summed E-state index contributed by atoms with van der Waals surface area (Å²) in [6, 6.07) is 14.5. The molecule has 2 aromatic rings. The Hall–Kier alpha value is -2.33. The molecule has 138 valence electrons. The summed E-state index contributed by atoms with van der Waals surface area (Å²) in [6.07, 6.45) is 1.64. The van der Waals surface area contributed by atoms with E-state index in [0.717, 1.165) is 24.2 Å². The van der Waals surface area contributed by atoms with Crippen molar-refractivity contribution in [1.29, 1.82) is 0 Å². The van der Waals surface area contributed by atoms with Crippen LogP contribution in [-0.2, 0) is 4.79 Å². The van der Waals surface area contributed by atoms with Crippen molar-refractivity contribution in [3.8, 4) is 0 Å². The summed E-state index contributed by atoms with van der Waals surface area (Å²) in [7, 11) is 4.05. The predicted molar refractivity (Wildman–Crippen MR) is 106 cm³/mol. The number of aryl methyl sites for hydroxylation is 2. The van der Waals surface area contributed by atoms with Crippen LogP contribution in [0.3, 0.4) is 0 Å². The van der Waals surface area contributed by atoms with Crippen molar-refractivity contribution in [1.82, 2.24) is 4.90 Å². The van der Waals surface area contributed by atoms with Gasteiger partial charge in [0.15, 0.2) is 0 Å². The largest absolute Gasteiger partial charge is 0.480 e. The summed E-state index contributed by atoms with van der Waals surface area (Å²) in [5, 5.41) is 9.72. The van der Waals surface area contributed by atoms with Gasteiger partial charge in [-0.3, -0.25) is 9.69 Å². The van der Waals surface area contributed by atoms with Crippen LogP contribution >= 0.6 is 0 Å². The molecule has 0 bridgehead atoms. The van der Waals surface area contributed by atoms with Crippen LogP contribution in [0.1, 0.15) is 41.1 Å². The van der Waals surface area contributed by atoms with Gasteiger partial charge in [0.2, 0.25) is 0 Å². The number of carbonyl (C=O) groups is 1. The maximum absolute atomic E-state index is 11.8. The highest BCUT2D eigenvalue weighted by molar-refractivity contribution is 5.74. The molecule has 2 atom stereocenters. The molecule has 0 amide bonds. The van der Waals surface area contributed by atoms with Gasteiger partial charge in [-0.1, -0.05) is 35.9 Å². The second-order valence-electron chi connectivity index (χ2n) is 7.48. The van der Waals surface area contributed by atoms with Gasteiger partial charge in [-0.2, -0.15) is 0 Å². The van der Waals surface area contributed by atoms with Gasteiger partial charge in [0.25, 0.3) is 0 Å². The van der Waals surface area contributed by atoms with Crippen molar-refractivity contribution in [3.05, 3.63) is 64.7 Å². The second-order valence-corrected chi connectivity index (χ2v) is 7.48. The molecule has 1 heterocycles. The summed E-state index contributed by atoms with van der Waals surface area (Å²) in [5.41, 5.74) is 5.90. The van der Waals surface area contributed by atoms with Crippen molar-refractivity contribution in [2.75, 3.05) is 25.5 Å². The molecule has 1 aliphatic heterocycles. The van der Waals surface area contributed by atoms with E-state index in [2.05, 4.69) is 66.1 Å². The number of aliphatic carboxylic acids is 1. The quantitative estimate of drug-likeness (QED) is 0.883. The molecule has 1 N–H and O–H groups in total. The van der Waals surface area contributed by atoms with Crippen LogP contribution < -0.4 is 4.90 Å². The van der Waals surface area contributed by atoms with E-state index in [1.165, 1.54) is 16.7 Å². The van der Waals surface area contributed by atoms with E-state index < -0.39 is 12.0 Å². The number of carboxylic acids is 1. The van der Waals surface area contributed by atoms with Gasteiger partial charge in [0.05, 0.1) is 6.04 Å². The normalized spacial score (nSPS) is 18.7. The van der Waals surface area contributed by atoms with Gasteiger partial charge in [-0.15, -0.1) is 0 Å². The molecule has 4 heteroatoms. The Morgan fingerprint density at radius 3 is 2.46 bits per heavy atom. The summed E-state index contributed by atoms with van der Waals surface area (Å²) >= 11 is 0. The Morgan fingerprint density at radius 1 is 1.15 bits per heavy atom. The lowest BCUT2D eigenvalue weighted by molar-refractivity contribution is -0.142. The van der Waals surface area contributed by atoms with Crippen molar-refractivity contribution in [2.45, 2.75) is 38.8 Å². The molecular formula is C22H28N2O2. The second kappa shape index (κ2) is 7.50. The SMILES string of the molecule is Cc1ccc(C)c(C(c2ccc(N(C)C)cc2)N2CCCC2C(=O)O)c1. The summed E-state index contributed by atoms with van der Waals surface area (Å²) in [4.78, 5) is 16.1. The molecule has 0 saturated carbocycles. The molecule has 4 nitrogen and oxygen atoms in total. The average Bonchev–Trinajstić information content (AvgIpc) is 3.08. The van der Waals surface area contributed by atoms with Crippen LogP contribution in [0.15, 0.2) is 42.5 Å². The van der Waals surface area contributed by atoms with Crippen molar-refractivity contribution in [3.63, 3.8) is 0 Å². The van der Waals surface area contributed by atoms with E-state index in [1.54, 1.807) is 0 Å². The van der Waals surface area contributed by atoms with Crippen molar-refractivity contribution >= 4 is 11.7 Å². The smallest absolute Gasteiger partial charge is 0.320 e. The van der Waals surface area contributed by atoms with E-state index in [4.69, 9.17) is 0 Å². The van der Waals surface area contributed by atoms with Gasteiger partial charge >= 0.3 is 5.97 Å². The number of carboxylic acid groups (broad SMARTS) is 1. The fourth-order valence-electron chi connectivity index (χ4n) is 3.92. The Balaban J connectivity index is 2.09. The Labute approximate surface area is 156 Å². The van der Waals surface area contributed by atoms with Crippen LogP contribution in [0.4, 0.5) is 5.69 Å². The van der Waals surface area contributed by atoms with E-state index in [9.17, 15) is 9.90 Å². The number of anilines is 1. The standard InChI is InChI=1S/C22H28N2O2/c1-15-7-8-16(2)19(14-15)21(24-13-5-6-20(24)22(25)26)17-9-11-18(12-10-17)23(3)4/h7-12,14,20-21H,5-6,13H2,1-4H3,(H,25,26). The third-order valence-electron chi connectivity index (χ3n) is 5.37. The van der Waals surface area contributed by atoms with E-state index in [0.29, 0.717) is 6.42 Å². The minimum Gasteiger partial charge on any atom is -0.480 e. The third kappa shape index (κ3) is 3.61. The number of rotatable bonds is 5. The van der Waals surface area contributed by atoms with Crippen molar-refractivity contribution in [2.24, 2.45) is 0 Å². The van der Waals surface area contributed by atoms with Crippen LogP contribution in [0.25, 0.3) is 0 Å². The first-order valence-electron chi connectivity index (χ1n) is 9.21. The molecule has 1 aliphatic rings. The molecule has 1 saturated heterocycles. The molecule has 2 unspecified atom stereocenters. The topological polar surface area (TPSA) is 43.8 Å². The highest BCUT2D eigenvalue weighted by atomic mass is 16.4. The molecule has 3 rings (SSSR count). The number of benzene rings is 2. The third-order valence-corrected chi connectivity index (χ3v) is 5.37. The average molecular weight is 352 g/mol. The highest BCUT2D eigenvalue weighted by Gasteiger charge is 2.37. The maximum atomic E-state index is 11.8. The van der Waals surface area contributed by atoms with Crippen LogP contribution in [0, 0.1) is 13.8 Å². The first kappa shape index (κ1) is 18.5. The number of likely N-dealkylation sites (tertiary alicyclic amines) is 1. The maximum Gasteiger partial charge on any atom is 0.320 e. The van der Waals surface area contributed by atoms with E-state index in [-0.39, 0.29) is 6.04 Å². The fraction of sp³-hybridized carbons (Fsp3) is 0.409. The van der Waals surface area contributed by atoms with Crippen molar-refractivity contribution < 1.29 is 9.90 Å². The van der Waals surface area contributed by atoms with Gasteiger partial charge in [-0.05, 0) is 55.5 Å². The van der Waals surface area contributed by atoms with E-state index in [1.807, 2.05) is 14.1 Å². The number of nitrogens with zero attached hydrogens (tertiary/aromatic N) is 2. The Kier molecular flexibility index (Phi) is 5.33. The van der Waals surface area contributed by atoms with Crippen LogP contribution in [-0.4, -0.2) is 42.7 Å². The zero-order valence-corrected chi connectivity index (χ0v) is 16.1. The zero-order chi connectivity index (χ0) is 18.8. The number of hydrogen-bond donors (Lipinski definition) is 1. The first-order chi connectivity index (χ1) is 12.4. The predicted octanol–water partition coefficient (Wildman–Crippen LogP) is 4.01. The molecule has 0 aromatic heterocycles. The number of hydrogen-bond acceptors (Lipinski definition) is 3. The summed E-state index contributed by atoms with van der Waals surface area (Å²) < 4.78 is 0. The lowest BCUT2D eigenvalue weighted by Crippen LogP contribution is -2.39. The minimum absolute atomic E-state index is 0.0327. The Bertz CT molecular complexity index is 783. The van der Waals surface area contributed by atoms with Gasteiger partial charge < -0.3 is 10.0 Å². The molecule has 0 spiro atoms. The van der Waals surface area contributed by atoms with Crippen LogP contribution in [0.2, 0.25) is 0 Å². The molecule has 2 aromatic carbocycles.